The number of imidazole rings is 1. The van der Waals surface area contributed by atoms with Gasteiger partial charge in [-0.3, -0.25) is 4.79 Å². The van der Waals surface area contributed by atoms with Crippen molar-refractivity contribution in [2.24, 2.45) is 5.92 Å². The molecule has 2 fully saturated rings. The Balaban J connectivity index is 1.70. The maximum atomic E-state index is 12.8. The molecule has 1 unspecified atom stereocenters. The highest BCUT2D eigenvalue weighted by atomic mass is 16.5. The van der Waals surface area contributed by atoms with E-state index in [9.17, 15) is 4.79 Å². The van der Waals surface area contributed by atoms with Crippen LogP contribution in [0.15, 0.2) is 6.20 Å². The minimum Gasteiger partial charge on any atom is -0.377 e. The molecule has 3 rings (SSSR count). The number of hydrogen-bond donors (Lipinski definition) is 0. The number of carbonyl (C=O) groups excluding carboxylic acids is 1. The van der Waals surface area contributed by atoms with Gasteiger partial charge >= 0.3 is 0 Å². The van der Waals surface area contributed by atoms with Crippen LogP contribution in [0, 0.1) is 12.8 Å². The summed E-state index contributed by atoms with van der Waals surface area (Å²) in [4.78, 5) is 19.4. The molecule has 1 atom stereocenters. The van der Waals surface area contributed by atoms with Crippen LogP contribution >= 0.6 is 0 Å². The number of piperidine rings is 1. The number of likely N-dealkylation sites (tertiary alicyclic amines) is 1. The van der Waals surface area contributed by atoms with Crippen molar-refractivity contribution >= 4 is 5.91 Å². The fourth-order valence-corrected chi connectivity index (χ4v) is 4.20. The molecule has 128 valence electrons. The van der Waals surface area contributed by atoms with E-state index in [1.807, 2.05) is 6.20 Å². The molecular formula is C18H29N3O2. The number of amides is 1. The van der Waals surface area contributed by atoms with E-state index in [0.717, 1.165) is 50.3 Å². The number of aryl methyl sites for hydroxylation is 1. The summed E-state index contributed by atoms with van der Waals surface area (Å²) in [5.74, 6) is 1.63. The van der Waals surface area contributed by atoms with Crippen molar-refractivity contribution in [3.05, 3.63) is 17.7 Å². The van der Waals surface area contributed by atoms with Gasteiger partial charge < -0.3 is 14.2 Å². The molecule has 2 heterocycles. The minimum atomic E-state index is 0.268. The Kier molecular flexibility index (Phi) is 5.36. The Morgan fingerprint density at radius 3 is 2.78 bits per heavy atom. The second-order valence-electron chi connectivity index (χ2n) is 7.03. The lowest BCUT2D eigenvalue weighted by molar-refractivity contribution is -0.138. The van der Waals surface area contributed by atoms with Gasteiger partial charge in [0.05, 0.1) is 6.04 Å². The molecule has 1 aliphatic heterocycles. The molecule has 1 saturated heterocycles. The first-order chi connectivity index (χ1) is 11.2. The van der Waals surface area contributed by atoms with Gasteiger partial charge in [0.2, 0.25) is 5.91 Å². The van der Waals surface area contributed by atoms with Gasteiger partial charge in [-0.2, -0.15) is 0 Å². The average molecular weight is 319 g/mol. The van der Waals surface area contributed by atoms with E-state index < -0.39 is 0 Å². The van der Waals surface area contributed by atoms with Crippen LogP contribution in [0.1, 0.15) is 62.5 Å². The van der Waals surface area contributed by atoms with Crippen molar-refractivity contribution in [3.63, 3.8) is 0 Å². The fourth-order valence-electron chi connectivity index (χ4n) is 4.20. The van der Waals surface area contributed by atoms with Crippen molar-refractivity contribution in [3.8, 4) is 0 Å². The lowest BCUT2D eigenvalue weighted by Crippen LogP contribution is -2.44. The second kappa shape index (κ2) is 7.47. The molecule has 0 radical (unpaired) electrons. The molecule has 23 heavy (non-hydrogen) atoms. The maximum absolute atomic E-state index is 12.8. The van der Waals surface area contributed by atoms with Crippen LogP contribution in [0.5, 0.6) is 0 Å². The highest BCUT2D eigenvalue weighted by Crippen LogP contribution is 2.30. The monoisotopic (exact) mass is 319 g/mol. The van der Waals surface area contributed by atoms with Crippen LogP contribution in [-0.2, 0) is 16.1 Å². The predicted molar refractivity (Wildman–Crippen MR) is 89.1 cm³/mol. The van der Waals surface area contributed by atoms with E-state index in [4.69, 9.17) is 4.74 Å². The summed E-state index contributed by atoms with van der Waals surface area (Å²) < 4.78 is 7.56. The van der Waals surface area contributed by atoms with Crippen LogP contribution < -0.4 is 0 Å². The largest absolute Gasteiger partial charge is 0.377 e. The molecule has 1 amide bonds. The molecular weight excluding hydrogens is 290 g/mol. The average Bonchev–Trinajstić information content (AvgIpc) is 2.96. The summed E-state index contributed by atoms with van der Waals surface area (Å²) in [5, 5.41) is 0. The van der Waals surface area contributed by atoms with Gasteiger partial charge in [-0.05, 0) is 32.6 Å². The first-order valence-corrected chi connectivity index (χ1v) is 9.01. The lowest BCUT2D eigenvalue weighted by atomic mass is 9.87. The van der Waals surface area contributed by atoms with Crippen molar-refractivity contribution in [2.75, 3.05) is 20.2 Å². The highest BCUT2D eigenvalue weighted by molar-refractivity contribution is 5.79. The zero-order valence-electron chi connectivity index (χ0n) is 14.5. The lowest BCUT2D eigenvalue weighted by Gasteiger charge is -2.37. The quantitative estimate of drug-likeness (QED) is 0.857. The van der Waals surface area contributed by atoms with Crippen LogP contribution in [0.2, 0.25) is 0 Å². The molecule has 5 nitrogen and oxygen atoms in total. The molecule has 5 heteroatoms. The Bertz CT molecular complexity index is 534. The molecule has 1 aliphatic carbocycles. The smallest absolute Gasteiger partial charge is 0.225 e. The molecule has 1 aromatic heterocycles. The SMILES string of the molecule is COCc1ncc(C)n1C1CCCN(C(=O)C2CCCCC2)C1. The number of ether oxygens (including phenoxy) is 1. The zero-order valence-corrected chi connectivity index (χ0v) is 14.5. The Morgan fingerprint density at radius 1 is 1.26 bits per heavy atom. The summed E-state index contributed by atoms with van der Waals surface area (Å²) >= 11 is 0. The van der Waals surface area contributed by atoms with Crippen LogP contribution in [0.25, 0.3) is 0 Å². The Labute approximate surface area is 139 Å². The Hall–Kier alpha value is -1.36. The first kappa shape index (κ1) is 16.5. The van der Waals surface area contributed by atoms with Gasteiger partial charge in [-0.25, -0.2) is 4.98 Å². The molecule has 0 aromatic carbocycles. The minimum absolute atomic E-state index is 0.268. The number of methoxy groups -OCH3 is 1. The molecule has 0 N–H and O–H groups in total. The number of nitrogens with zero attached hydrogens (tertiary/aromatic N) is 3. The van der Waals surface area contributed by atoms with Gasteiger partial charge in [0.25, 0.3) is 0 Å². The highest BCUT2D eigenvalue weighted by Gasteiger charge is 2.31. The van der Waals surface area contributed by atoms with E-state index >= 15 is 0 Å². The number of carbonyl (C=O) groups is 1. The molecule has 1 aromatic rings. The molecule has 0 bridgehead atoms. The van der Waals surface area contributed by atoms with E-state index in [1.54, 1.807) is 7.11 Å². The standard InChI is InChI=1S/C18H29N3O2/c1-14-11-19-17(13-23-2)21(14)16-9-6-10-20(12-16)18(22)15-7-4-3-5-8-15/h11,15-16H,3-10,12-13H2,1-2H3. The van der Waals surface area contributed by atoms with Gasteiger partial charge in [0.1, 0.15) is 12.4 Å². The molecule has 1 saturated carbocycles. The second-order valence-corrected chi connectivity index (χ2v) is 7.03. The maximum Gasteiger partial charge on any atom is 0.225 e. The van der Waals surface area contributed by atoms with E-state index in [1.165, 1.54) is 19.3 Å². The van der Waals surface area contributed by atoms with Crippen molar-refractivity contribution in [1.29, 1.82) is 0 Å². The van der Waals surface area contributed by atoms with Crippen LogP contribution in [-0.4, -0.2) is 40.6 Å². The van der Waals surface area contributed by atoms with Crippen LogP contribution in [0.4, 0.5) is 0 Å². The fraction of sp³-hybridized carbons (Fsp3) is 0.778. The Morgan fingerprint density at radius 2 is 2.04 bits per heavy atom. The predicted octanol–water partition coefficient (Wildman–Crippen LogP) is 3.08. The zero-order chi connectivity index (χ0) is 16.2. The number of rotatable bonds is 4. The topological polar surface area (TPSA) is 47.4 Å². The van der Waals surface area contributed by atoms with Crippen molar-refractivity contribution < 1.29 is 9.53 Å². The van der Waals surface area contributed by atoms with Crippen molar-refractivity contribution in [1.82, 2.24) is 14.5 Å². The third-order valence-corrected chi connectivity index (χ3v) is 5.36. The van der Waals surface area contributed by atoms with Gasteiger partial charge in [-0.15, -0.1) is 0 Å². The van der Waals surface area contributed by atoms with Crippen molar-refractivity contribution in [2.45, 2.75) is 64.5 Å². The third kappa shape index (κ3) is 3.60. The van der Waals surface area contributed by atoms with Gasteiger partial charge in [0.15, 0.2) is 0 Å². The van der Waals surface area contributed by atoms with E-state index in [0.29, 0.717) is 18.6 Å². The summed E-state index contributed by atoms with van der Waals surface area (Å²) in [6.07, 6.45) is 9.99. The number of hydrogen-bond acceptors (Lipinski definition) is 3. The van der Waals surface area contributed by atoms with E-state index in [-0.39, 0.29) is 5.92 Å². The number of aromatic nitrogens is 2. The molecule has 2 aliphatic rings. The van der Waals surface area contributed by atoms with E-state index in [2.05, 4.69) is 21.4 Å². The summed E-state index contributed by atoms with van der Waals surface area (Å²) in [6, 6.07) is 0.337. The summed E-state index contributed by atoms with van der Waals surface area (Å²) in [7, 11) is 1.70. The third-order valence-electron chi connectivity index (χ3n) is 5.36. The first-order valence-electron chi connectivity index (χ1n) is 9.01. The van der Waals surface area contributed by atoms with Gasteiger partial charge in [0, 0.05) is 38.0 Å². The summed E-state index contributed by atoms with van der Waals surface area (Å²) in [6.45, 7) is 4.36. The molecule has 0 spiro atoms. The normalized spacial score (nSPS) is 23.2. The van der Waals surface area contributed by atoms with Gasteiger partial charge in [-0.1, -0.05) is 19.3 Å². The summed E-state index contributed by atoms with van der Waals surface area (Å²) in [5.41, 5.74) is 1.16. The van der Waals surface area contributed by atoms with Crippen LogP contribution in [0.3, 0.4) is 0 Å².